The molecular formula is C30H34N2O11. The van der Waals surface area contributed by atoms with E-state index < -0.39 is 64.8 Å². The maximum atomic E-state index is 13.4. The number of aliphatic carboxylic acids is 2. The molecule has 1 aliphatic heterocycles. The Bertz CT molecular complexity index is 1640. The zero-order valence-corrected chi connectivity index (χ0v) is 24.1. The number of ether oxygens (including phenoxy) is 2. The first-order valence-corrected chi connectivity index (χ1v) is 13.4. The number of aliphatic hydroxyl groups is 3. The van der Waals surface area contributed by atoms with Crippen molar-refractivity contribution in [2.24, 2.45) is 0 Å². The van der Waals surface area contributed by atoms with Crippen LogP contribution in [0.4, 0.5) is 5.69 Å². The number of carboxylic acids is 2. The molecule has 13 nitrogen and oxygen atoms in total. The van der Waals surface area contributed by atoms with Crippen LogP contribution in [0.25, 0.3) is 10.9 Å². The number of amides is 1. The van der Waals surface area contributed by atoms with Crippen LogP contribution in [0.1, 0.15) is 56.1 Å². The van der Waals surface area contributed by atoms with E-state index in [0.29, 0.717) is 16.5 Å². The zero-order valence-electron chi connectivity index (χ0n) is 24.1. The fourth-order valence-corrected chi connectivity index (χ4v) is 4.81. The molecule has 1 fully saturated rings. The third kappa shape index (κ3) is 5.97. The Morgan fingerprint density at radius 3 is 2.19 bits per heavy atom. The number of hydrogen-bond acceptors (Lipinski definition) is 9. The molecule has 1 aliphatic rings. The number of anilines is 1. The lowest BCUT2D eigenvalue weighted by Gasteiger charge is -2.39. The minimum Gasteiger partial charge on any atom is -0.481 e. The monoisotopic (exact) mass is 598 g/mol. The maximum Gasteiger partial charge on any atom is 0.335 e. The lowest BCUT2D eigenvalue weighted by molar-refractivity contribution is -0.271. The van der Waals surface area contributed by atoms with Crippen LogP contribution in [0.3, 0.4) is 0 Å². The van der Waals surface area contributed by atoms with Crippen LogP contribution >= 0.6 is 0 Å². The maximum absolute atomic E-state index is 13.4. The minimum atomic E-state index is -1.97. The van der Waals surface area contributed by atoms with Crippen molar-refractivity contribution in [2.45, 2.75) is 76.2 Å². The fourth-order valence-electron chi connectivity index (χ4n) is 4.81. The van der Waals surface area contributed by atoms with Crippen molar-refractivity contribution in [1.82, 2.24) is 4.98 Å². The van der Waals surface area contributed by atoms with Gasteiger partial charge in [0, 0.05) is 34.4 Å². The van der Waals surface area contributed by atoms with E-state index in [-0.39, 0.29) is 22.6 Å². The van der Waals surface area contributed by atoms with Crippen LogP contribution in [0.15, 0.2) is 47.4 Å². The first-order chi connectivity index (χ1) is 19.9. The van der Waals surface area contributed by atoms with Crippen LogP contribution in [0.5, 0.6) is 5.75 Å². The van der Waals surface area contributed by atoms with E-state index in [9.17, 15) is 44.7 Å². The van der Waals surface area contributed by atoms with Crippen LogP contribution in [-0.4, -0.2) is 79.1 Å². The second-order valence-corrected chi connectivity index (χ2v) is 12.0. The van der Waals surface area contributed by atoms with E-state index in [2.05, 4.69) is 10.3 Å². The summed E-state index contributed by atoms with van der Waals surface area (Å²) < 4.78 is 11.1. The number of pyridine rings is 1. The molecule has 4 rings (SSSR count). The van der Waals surface area contributed by atoms with Crippen molar-refractivity contribution in [1.29, 1.82) is 0 Å². The van der Waals surface area contributed by atoms with Gasteiger partial charge in [0.1, 0.15) is 29.6 Å². The van der Waals surface area contributed by atoms with Gasteiger partial charge in [-0.3, -0.25) is 14.4 Å². The third-order valence-corrected chi connectivity index (χ3v) is 7.47. The predicted molar refractivity (Wildman–Crippen MR) is 153 cm³/mol. The normalized spacial score (nSPS) is 22.7. The molecule has 0 aliphatic carbocycles. The number of para-hydroxylation sites is 1. The van der Waals surface area contributed by atoms with Gasteiger partial charge < -0.3 is 45.3 Å². The van der Waals surface area contributed by atoms with Crippen molar-refractivity contribution in [3.63, 3.8) is 0 Å². The number of aromatic amines is 1. The van der Waals surface area contributed by atoms with Crippen molar-refractivity contribution in [3.8, 4) is 5.75 Å². The van der Waals surface area contributed by atoms with Crippen molar-refractivity contribution >= 4 is 34.4 Å². The largest absolute Gasteiger partial charge is 0.481 e. The number of H-pyrrole nitrogens is 1. The number of hydrogen-bond donors (Lipinski definition) is 7. The Hall–Kier alpha value is -4.30. The van der Waals surface area contributed by atoms with Gasteiger partial charge in [-0.25, -0.2) is 4.79 Å². The molecule has 2 aromatic carbocycles. The number of carbonyl (C=O) groups excluding carboxylic acids is 1. The quantitative estimate of drug-likeness (QED) is 0.208. The van der Waals surface area contributed by atoms with Crippen molar-refractivity contribution in [3.05, 3.63) is 69.5 Å². The van der Waals surface area contributed by atoms with E-state index in [4.69, 9.17) is 9.47 Å². The molecule has 3 aromatic rings. The molecule has 1 aromatic heterocycles. The van der Waals surface area contributed by atoms with Gasteiger partial charge in [-0.05, 0) is 43.0 Å². The van der Waals surface area contributed by atoms with Gasteiger partial charge in [0.2, 0.25) is 11.7 Å². The van der Waals surface area contributed by atoms with E-state index in [1.807, 2.05) is 20.8 Å². The van der Waals surface area contributed by atoms with Gasteiger partial charge >= 0.3 is 11.9 Å². The van der Waals surface area contributed by atoms with Crippen LogP contribution in [0.2, 0.25) is 0 Å². The van der Waals surface area contributed by atoms with Crippen molar-refractivity contribution < 1.29 is 49.4 Å². The van der Waals surface area contributed by atoms with Gasteiger partial charge in [0.25, 0.3) is 5.91 Å². The second-order valence-electron chi connectivity index (χ2n) is 12.0. The summed E-state index contributed by atoms with van der Waals surface area (Å²) in [5.41, 5.74) is -1.79. The Morgan fingerprint density at radius 1 is 0.930 bits per heavy atom. The molecule has 2 unspecified atom stereocenters. The van der Waals surface area contributed by atoms with E-state index in [1.54, 1.807) is 24.3 Å². The highest BCUT2D eigenvalue weighted by atomic mass is 16.7. The summed E-state index contributed by atoms with van der Waals surface area (Å²) in [5.74, 6) is -3.87. The van der Waals surface area contributed by atoms with E-state index >= 15 is 0 Å². The summed E-state index contributed by atoms with van der Waals surface area (Å²) in [4.78, 5) is 53.4. The number of carboxylic acid groups (broad SMARTS) is 2. The summed E-state index contributed by atoms with van der Waals surface area (Å²) in [6, 6.07) is 9.45. The summed E-state index contributed by atoms with van der Waals surface area (Å²) in [6.45, 7) is 8.26. The Kier molecular flexibility index (Phi) is 8.40. The van der Waals surface area contributed by atoms with Gasteiger partial charge in [-0.15, -0.1) is 0 Å². The molecule has 13 heteroatoms. The standard InChI is InChI=1S/C30H34N2O11/c1-29(2,3)15-10-16(30(4,5)28(40)41)19(42-27-23(36)21(34)22(35)24(43-27)26(38)39)11-18(15)32-25(37)14-12-31-17-9-7-6-8-13(17)20(14)33/h6-12,21-24,27,34-36H,1-5H3,(H,31,33)(H,32,37)(H,38,39)(H,40,41)/t21?,22-,23?,24-,27+/m0/s1. The average molecular weight is 599 g/mol. The highest BCUT2D eigenvalue weighted by molar-refractivity contribution is 6.06. The number of fused-ring (bicyclic) bond motifs is 1. The third-order valence-electron chi connectivity index (χ3n) is 7.47. The number of carbonyl (C=O) groups is 3. The fraction of sp³-hybridized carbons (Fsp3) is 0.400. The number of nitrogens with one attached hydrogen (secondary N) is 2. The van der Waals surface area contributed by atoms with E-state index in [1.165, 1.54) is 32.2 Å². The minimum absolute atomic E-state index is 0.0785. The predicted octanol–water partition coefficient (Wildman–Crippen LogP) is 1.71. The zero-order chi connectivity index (χ0) is 32.0. The lowest BCUT2D eigenvalue weighted by Crippen LogP contribution is -2.61. The summed E-state index contributed by atoms with van der Waals surface area (Å²) in [7, 11) is 0. The molecule has 43 heavy (non-hydrogen) atoms. The molecule has 7 N–H and O–H groups in total. The number of aromatic nitrogens is 1. The molecule has 1 saturated heterocycles. The first-order valence-electron chi connectivity index (χ1n) is 13.4. The van der Waals surface area contributed by atoms with Crippen LogP contribution in [-0.2, 0) is 25.2 Å². The highest BCUT2D eigenvalue weighted by Gasteiger charge is 2.48. The second kappa shape index (κ2) is 11.4. The molecule has 0 spiro atoms. The Balaban J connectivity index is 1.85. The van der Waals surface area contributed by atoms with Crippen LogP contribution < -0.4 is 15.5 Å². The Labute approximate surface area is 245 Å². The molecule has 0 radical (unpaired) electrons. The lowest BCUT2D eigenvalue weighted by atomic mass is 9.78. The molecule has 230 valence electrons. The topological polar surface area (TPSA) is 216 Å². The summed E-state index contributed by atoms with van der Waals surface area (Å²) >= 11 is 0. The van der Waals surface area contributed by atoms with Crippen molar-refractivity contribution in [2.75, 3.05) is 5.32 Å². The number of benzene rings is 2. The van der Waals surface area contributed by atoms with Gasteiger partial charge in [0.15, 0.2) is 6.10 Å². The van der Waals surface area contributed by atoms with E-state index in [0.717, 1.165) is 0 Å². The highest BCUT2D eigenvalue weighted by Crippen LogP contribution is 2.42. The molecule has 2 heterocycles. The van der Waals surface area contributed by atoms with Gasteiger partial charge in [-0.1, -0.05) is 32.9 Å². The average Bonchev–Trinajstić information content (AvgIpc) is 2.92. The first kappa shape index (κ1) is 31.6. The smallest absolute Gasteiger partial charge is 0.335 e. The summed E-state index contributed by atoms with van der Waals surface area (Å²) in [6.07, 6.45) is -8.41. The van der Waals surface area contributed by atoms with Gasteiger partial charge in [-0.2, -0.15) is 0 Å². The number of rotatable bonds is 7. The molecule has 0 bridgehead atoms. The molecule has 5 atom stereocenters. The van der Waals surface area contributed by atoms with Gasteiger partial charge in [0.05, 0.1) is 5.41 Å². The molecular weight excluding hydrogens is 564 g/mol. The number of aliphatic hydroxyl groups excluding tert-OH is 3. The Morgan fingerprint density at radius 2 is 1.58 bits per heavy atom. The molecule has 0 saturated carbocycles. The summed E-state index contributed by atoms with van der Waals surface area (Å²) in [5, 5.41) is 53.4. The SMILES string of the molecule is CC(C)(C)c1cc(C(C)(C)C(=O)O)c(O[C@@H]2O[C@H](C(=O)O)[C@@H](O)C(O)C2O)cc1NC(=O)c1c[nH]c2ccccc2c1=O. The van der Waals surface area contributed by atoms with Crippen LogP contribution in [0, 0.1) is 0 Å². The molecule has 1 amide bonds.